The SMILES string of the molecule is COc1cc2nnc(NS(C)(=O)=O)n2cc1C1CC1. The number of pyridine rings is 1. The van der Waals surface area contributed by atoms with Crippen LogP contribution in [-0.2, 0) is 10.0 Å². The molecule has 0 bridgehead atoms. The topological polar surface area (TPSA) is 85.6 Å². The fourth-order valence-electron chi connectivity index (χ4n) is 2.05. The number of aromatic nitrogens is 3. The maximum Gasteiger partial charge on any atom is 0.242 e. The first kappa shape index (κ1) is 12.2. The minimum absolute atomic E-state index is 0.196. The molecule has 1 aliphatic rings. The monoisotopic (exact) mass is 282 g/mol. The maximum atomic E-state index is 11.3. The van der Waals surface area contributed by atoms with Crippen molar-refractivity contribution in [3.63, 3.8) is 0 Å². The lowest BCUT2D eigenvalue weighted by atomic mass is 10.1. The summed E-state index contributed by atoms with van der Waals surface area (Å²) in [5.74, 6) is 1.45. The molecule has 1 fully saturated rings. The third kappa shape index (κ3) is 2.35. The molecule has 7 nitrogen and oxygen atoms in total. The zero-order valence-corrected chi connectivity index (χ0v) is 11.4. The van der Waals surface area contributed by atoms with Crippen LogP contribution < -0.4 is 9.46 Å². The molecule has 0 aliphatic heterocycles. The Kier molecular flexibility index (Phi) is 2.63. The van der Waals surface area contributed by atoms with Gasteiger partial charge in [-0.2, -0.15) is 0 Å². The Morgan fingerprint density at radius 3 is 2.74 bits per heavy atom. The van der Waals surface area contributed by atoms with E-state index in [1.807, 2.05) is 6.20 Å². The summed E-state index contributed by atoms with van der Waals surface area (Å²) in [6, 6.07) is 1.77. The Bertz CT molecular complexity index is 734. The van der Waals surface area contributed by atoms with Crippen molar-refractivity contribution < 1.29 is 13.2 Å². The Hall–Kier alpha value is -1.83. The van der Waals surface area contributed by atoms with Gasteiger partial charge in [0, 0.05) is 17.8 Å². The van der Waals surface area contributed by atoms with E-state index in [1.165, 1.54) is 0 Å². The van der Waals surface area contributed by atoms with Gasteiger partial charge in [-0.3, -0.25) is 9.12 Å². The standard InChI is InChI=1S/C11H14N4O3S/c1-18-9-5-10-12-13-11(14-19(2,16)17)15(10)6-8(9)7-3-4-7/h5-7H,3-4H2,1-2H3,(H,13,14). The molecule has 0 saturated heterocycles. The molecule has 1 aliphatic carbocycles. The highest BCUT2D eigenvalue weighted by atomic mass is 32.2. The molecule has 0 atom stereocenters. The molecule has 2 aromatic heterocycles. The van der Waals surface area contributed by atoms with Crippen LogP contribution >= 0.6 is 0 Å². The molecule has 0 aromatic carbocycles. The van der Waals surface area contributed by atoms with E-state index in [2.05, 4.69) is 14.9 Å². The zero-order valence-electron chi connectivity index (χ0n) is 10.6. The highest BCUT2D eigenvalue weighted by Crippen LogP contribution is 2.44. The lowest BCUT2D eigenvalue weighted by Crippen LogP contribution is -2.12. The van der Waals surface area contributed by atoms with Gasteiger partial charge in [0.2, 0.25) is 16.0 Å². The predicted molar refractivity (Wildman–Crippen MR) is 70.0 cm³/mol. The van der Waals surface area contributed by atoms with E-state index in [-0.39, 0.29) is 5.95 Å². The Balaban J connectivity index is 2.14. The first-order valence-electron chi connectivity index (χ1n) is 5.88. The first-order chi connectivity index (χ1) is 8.98. The Morgan fingerprint density at radius 2 is 2.16 bits per heavy atom. The van der Waals surface area contributed by atoms with Crippen LogP contribution in [0.3, 0.4) is 0 Å². The second kappa shape index (κ2) is 4.09. The molecule has 2 heterocycles. The van der Waals surface area contributed by atoms with E-state index in [9.17, 15) is 8.42 Å². The van der Waals surface area contributed by atoms with Crippen LogP contribution in [0.1, 0.15) is 24.3 Å². The van der Waals surface area contributed by atoms with Crippen molar-refractivity contribution in [3.05, 3.63) is 17.8 Å². The summed E-state index contributed by atoms with van der Waals surface area (Å²) < 4.78 is 31.9. The molecule has 0 spiro atoms. The van der Waals surface area contributed by atoms with Crippen LogP contribution in [0.25, 0.3) is 5.65 Å². The molecule has 1 saturated carbocycles. The lowest BCUT2D eigenvalue weighted by Gasteiger charge is -2.09. The van der Waals surface area contributed by atoms with E-state index in [0.29, 0.717) is 11.6 Å². The van der Waals surface area contributed by atoms with E-state index >= 15 is 0 Å². The number of nitrogens with zero attached hydrogens (tertiary/aromatic N) is 3. The summed E-state index contributed by atoms with van der Waals surface area (Å²) in [4.78, 5) is 0. The zero-order chi connectivity index (χ0) is 13.6. The fraction of sp³-hybridized carbons (Fsp3) is 0.455. The summed E-state index contributed by atoms with van der Waals surface area (Å²) in [5.41, 5.74) is 1.61. The van der Waals surface area contributed by atoms with Crippen LogP contribution in [0.4, 0.5) is 5.95 Å². The van der Waals surface area contributed by atoms with Crippen molar-refractivity contribution in [3.8, 4) is 5.75 Å². The maximum absolute atomic E-state index is 11.3. The van der Waals surface area contributed by atoms with Gasteiger partial charge in [-0.1, -0.05) is 0 Å². The number of sulfonamides is 1. The summed E-state index contributed by atoms with van der Waals surface area (Å²) in [5, 5.41) is 7.78. The van der Waals surface area contributed by atoms with Crippen molar-refractivity contribution >= 4 is 21.6 Å². The molecule has 3 rings (SSSR count). The van der Waals surface area contributed by atoms with Gasteiger partial charge < -0.3 is 4.74 Å². The number of rotatable bonds is 4. The predicted octanol–water partition coefficient (Wildman–Crippen LogP) is 0.987. The first-order valence-corrected chi connectivity index (χ1v) is 7.77. The molecular formula is C11H14N4O3S. The van der Waals surface area contributed by atoms with Crippen LogP contribution in [0.5, 0.6) is 5.75 Å². The van der Waals surface area contributed by atoms with Gasteiger partial charge in [0.05, 0.1) is 13.4 Å². The summed E-state index contributed by atoms with van der Waals surface area (Å²) in [6.07, 6.45) is 5.18. The van der Waals surface area contributed by atoms with Gasteiger partial charge in [0.1, 0.15) is 5.75 Å². The summed E-state index contributed by atoms with van der Waals surface area (Å²) in [6.45, 7) is 0. The quantitative estimate of drug-likeness (QED) is 0.903. The number of hydrogen-bond acceptors (Lipinski definition) is 5. The van der Waals surface area contributed by atoms with Crippen molar-refractivity contribution in [2.45, 2.75) is 18.8 Å². The van der Waals surface area contributed by atoms with Crippen molar-refractivity contribution in [1.82, 2.24) is 14.6 Å². The molecule has 8 heteroatoms. The minimum Gasteiger partial charge on any atom is -0.496 e. The molecular weight excluding hydrogens is 268 g/mol. The van der Waals surface area contributed by atoms with Crippen molar-refractivity contribution in [1.29, 1.82) is 0 Å². The fourth-order valence-corrected chi connectivity index (χ4v) is 2.52. The largest absolute Gasteiger partial charge is 0.496 e. The highest BCUT2D eigenvalue weighted by molar-refractivity contribution is 7.91. The van der Waals surface area contributed by atoms with Gasteiger partial charge in [0.15, 0.2) is 5.65 Å². The van der Waals surface area contributed by atoms with Crippen LogP contribution in [-0.4, -0.2) is 36.4 Å². The van der Waals surface area contributed by atoms with Gasteiger partial charge in [-0.25, -0.2) is 8.42 Å². The van der Waals surface area contributed by atoms with Gasteiger partial charge in [-0.15, -0.1) is 10.2 Å². The molecule has 2 aromatic rings. The van der Waals surface area contributed by atoms with Crippen LogP contribution in [0, 0.1) is 0 Å². The van der Waals surface area contributed by atoms with Gasteiger partial charge in [-0.05, 0) is 18.8 Å². The number of anilines is 1. The van der Waals surface area contributed by atoms with Crippen LogP contribution in [0.15, 0.2) is 12.3 Å². The molecule has 0 amide bonds. The molecule has 102 valence electrons. The third-order valence-corrected chi connectivity index (χ3v) is 3.60. The third-order valence-electron chi connectivity index (χ3n) is 3.05. The second-order valence-electron chi connectivity index (χ2n) is 4.70. The molecule has 0 unspecified atom stereocenters. The van der Waals surface area contributed by atoms with E-state index < -0.39 is 10.0 Å². The average molecular weight is 282 g/mol. The number of fused-ring (bicyclic) bond motifs is 1. The summed E-state index contributed by atoms with van der Waals surface area (Å²) >= 11 is 0. The number of methoxy groups -OCH3 is 1. The average Bonchev–Trinajstić information content (AvgIpc) is 3.11. The number of ether oxygens (including phenoxy) is 1. The van der Waals surface area contributed by atoms with E-state index in [0.717, 1.165) is 30.4 Å². The molecule has 0 radical (unpaired) electrons. The number of hydrogen-bond donors (Lipinski definition) is 1. The Labute approximate surface area is 110 Å². The van der Waals surface area contributed by atoms with Crippen molar-refractivity contribution in [2.75, 3.05) is 18.1 Å². The summed E-state index contributed by atoms with van der Waals surface area (Å²) in [7, 11) is -1.76. The number of nitrogens with one attached hydrogen (secondary N) is 1. The van der Waals surface area contributed by atoms with Gasteiger partial charge in [0.25, 0.3) is 0 Å². The smallest absolute Gasteiger partial charge is 0.242 e. The molecule has 1 N–H and O–H groups in total. The lowest BCUT2D eigenvalue weighted by molar-refractivity contribution is 0.409. The highest BCUT2D eigenvalue weighted by Gasteiger charge is 2.28. The van der Waals surface area contributed by atoms with Crippen molar-refractivity contribution in [2.24, 2.45) is 0 Å². The van der Waals surface area contributed by atoms with E-state index in [1.54, 1.807) is 17.6 Å². The van der Waals surface area contributed by atoms with Gasteiger partial charge >= 0.3 is 0 Å². The van der Waals surface area contributed by atoms with Crippen LogP contribution in [0.2, 0.25) is 0 Å². The van der Waals surface area contributed by atoms with E-state index in [4.69, 9.17) is 4.74 Å². The second-order valence-corrected chi connectivity index (χ2v) is 6.45. The minimum atomic E-state index is -3.38. The Morgan fingerprint density at radius 1 is 1.42 bits per heavy atom. The molecule has 19 heavy (non-hydrogen) atoms. The normalized spacial score (nSPS) is 15.7.